The number of rotatable bonds is 1. The van der Waals surface area contributed by atoms with E-state index in [1.807, 2.05) is 25.1 Å². The molecule has 0 aliphatic rings. The number of benzene rings is 1. The number of hydrogen-bond donors (Lipinski definition) is 2. The second-order valence-corrected chi connectivity index (χ2v) is 3.33. The minimum atomic E-state index is -0.0563. The number of H-pyrrole nitrogens is 1. The summed E-state index contributed by atoms with van der Waals surface area (Å²) < 4.78 is 0. The van der Waals surface area contributed by atoms with E-state index >= 15 is 0 Å². The number of nitrogens with one attached hydrogen (secondary N) is 2. The minimum absolute atomic E-state index is 0.0563. The van der Waals surface area contributed by atoms with Crippen molar-refractivity contribution in [2.45, 2.75) is 6.92 Å². The van der Waals surface area contributed by atoms with E-state index in [2.05, 4.69) is 16.4 Å². The van der Waals surface area contributed by atoms with E-state index in [9.17, 15) is 4.79 Å². The molecule has 0 aliphatic carbocycles. The van der Waals surface area contributed by atoms with E-state index in [-0.39, 0.29) is 5.91 Å². The Labute approximate surface area is 82.1 Å². The van der Waals surface area contributed by atoms with Crippen LogP contribution in [0.2, 0.25) is 0 Å². The molecule has 14 heavy (non-hydrogen) atoms. The summed E-state index contributed by atoms with van der Waals surface area (Å²) in [5.74, 6) is -0.0563. The monoisotopic (exact) mass is 188 g/mol. The van der Waals surface area contributed by atoms with Gasteiger partial charge in [0.05, 0.1) is 0 Å². The first-order valence-corrected chi connectivity index (χ1v) is 4.52. The van der Waals surface area contributed by atoms with Crippen molar-refractivity contribution in [3.05, 3.63) is 35.5 Å². The zero-order valence-corrected chi connectivity index (χ0v) is 8.22. The van der Waals surface area contributed by atoms with Crippen molar-refractivity contribution < 1.29 is 4.79 Å². The quantitative estimate of drug-likeness (QED) is 0.704. The van der Waals surface area contributed by atoms with Gasteiger partial charge < -0.3 is 10.3 Å². The first kappa shape index (κ1) is 8.81. The lowest BCUT2D eigenvalue weighted by Crippen LogP contribution is -2.17. The van der Waals surface area contributed by atoms with Crippen molar-refractivity contribution in [1.29, 1.82) is 0 Å². The number of carbonyl (C=O) groups excluding carboxylic acids is 1. The Bertz CT molecular complexity index is 485. The maximum atomic E-state index is 11.3. The molecule has 0 aliphatic heterocycles. The predicted octanol–water partition coefficient (Wildman–Crippen LogP) is 1.84. The van der Waals surface area contributed by atoms with Crippen molar-refractivity contribution >= 4 is 16.8 Å². The lowest BCUT2D eigenvalue weighted by molar-refractivity contribution is 0.0963. The van der Waals surface area contributed by atoms with Crippen LogP contribution >= 0.6 is 0 Å². The SMILES string of the molecule is CNC(=O)c1ccc2cc(C)[nH]c2c1. The van der Waals surface area contributed by atoms with Gasteiger partial charge in [-0.15, -0.1) is 0 Å². The molecule has 0 radical (unpaired) electrons. The Morgan fingerprint density at radius 1 is 1.36 bits per heavy atom. The van der Waals surface area contributed by atoms with Gasteiger partial charge in [-0.05, 0) is 30.5 Å². The van der Waals surface area contributed by atoms with Gasteiger partial charge in [-0.3, -0.25) is 4.79 Å². The van der Waals surface area contributed by atoms with Gasteiger partial charge in [0.2, 0.25) is 0 Å². The molecule has 3 heteroatoms. The minimum Gasteiger partial charge on any atom is -0.359 e. The summed E-state index contributed by atoms with van der Waals surface area (Å²) >= 11 is 0. The summed E-state index contributed by atoms with van der Waals surface area (Å²) in [5, 5.41) is 3.73. The number of fused-ring (bicyclic) bond motifs is 1. The second kappa shape index (κ2) is 3.18. The van der Waals surface area contributed by atoms with Crippen molar-refractivity contribution in [1.82, 2.24) is 10.3 Å². The summed E-state index contributed by atoms with van der Waals surface area (Å²) in [7, 11) is 1.63. The van der Waals surface area contributed by atoms with Crippen LogP contribution in [0, 0.1) is 6.92 Å². The molecule has 2 N–H and O–H groups in total. The Morgan fingerprint density at radius 3 is 2.86 bits per heavy atom. The lowest BCUT2D eigenvalue weighted by Gasteiger charge is -1.98. The highest BCUT2D eigenvalue weighted by Crippen LogP contribution is 2.16. The van der Waals surface area contributed by atoms with Crippen LogP contribution in [0.4, 0.5) is 0 Å². The van der Waals surface area contributed by atoms with E-state index in [1.165, 1.54) is 0 Å². The Balaban J connectivity index is 2.55. The number of amides is 1. The Hall–Kier alpha value is -1.77. The molecular weight excluding hydrogens is 176 g/mol. The zero-order chi connectivity index (χ0) is 10.1. The highest BCUT2D eigenvalue weighted by Gasteiger charge is 2.04. The number of aromatic amines is 1. The Kier molecular flexibility index (Phi) is 2.00. The van der Waals surface area contributed by atoms with Gasteiger partial charge in [0, 0.05) is 23.8 Å². The van der Waals surface area contributed by atoms with Gasteiger partial charge in [-0.25, -0.2) is 0 Å². The smallest absolute Gasteiger partial charge is 0.251 e. The highest BCUT2D eigenvalue weighted by atomic mass is 16.1. The third-order valence-corrected chi connectivity index (χ3v) is 2.25. The molecule has 1 aromatic carbocycles. The van der Waals surface area contributed by atoms with Crippen molar-refractivity contribution in [3.8, 4) is 0 Å². The number of carbonyl (C=O) groups is 1. The molecule has 0 spiro atoms. The van der Waals surface area contributed by atoms with E-state index in [0.29, 0.717) is 5.56 Å². The molecule has 0 bridgehead atoms. The van der Waals surface area contributed by atoms with Crippen LogP contribution in [0.5, 0.6) is 0 Å². The van der Waals surface area contributed by atoms with Crippen LogP contribution in [0.1, 0.15) is 16.1 Å². The molecule has 72 valence electrons. The largest absolute Gasteiger partial charge is 0.359 e. The molecule has 0 saturated carbocycles. The van der Waals surface area contributed by atoms with Gasteiger partial charge in [0.25, 0.3) is 5.91 Å². The van der Waals surface area contributed by atoms with Crippen LogP contribution in [0.15, 0.2) is 24.3 Å². The summed E-state index contributed by atoms with van der Waals surface area (Å²) in [5.41, 5.74) is 2.79. The van der Waals surface area contributed by atoms with E-state index in [4.69, 9.17) is 0 Å². The topological polar surface area (TPSA) is 44.9 Å². The van der Waals surface area contributed by atoms with Crippen LogP contribution in [0.3, 0.4) is 0 Å². The van der Waals surface area contributed by atoms with Crippen LogP contribution in [0.25, 0.3) is 10.9 Å². The first-order chi connectivity index (χ1) is 6.70. The molecule has 0 saturated heterocycles. The summed E-state index contributed by atoms with van der Waals surface area (Å²) in [6.07, 6.45) is 0. The molecule has 3 nitrogen and oxygen atoms in total. The first-order valence-electron chi connectivity index (χ1n) is 4.52. The van der Waals surface area contributed by atoms with Gasteiger partial charge >= 0.3 is 0 Å². The molecule has 2 rings (SSSR count). The van der Waals surface area contributed by atoms with E-state index in [0.717, 1.165) is 16.6 Å². The third kappa shape index (κ3) is 1.37. The van der Waals surface area contributed by atoms with Crippen molar-refractivity contribution in [2.75, 3.05) is 7.05 Å². The molecule has 0 unspecified atom stereocenters. The molecule has 1 amide bonds. The molecule has 1 heterocycles. The van der Waals surface area contributed by atoms with Gasteiger partial charge in [-0.2, -0.15) is 0 Å². The lowest BCUT2D eigenvalue weighted by atomic mass is 10.1. The fourth-order valence-electron chi connectivity index (χ4n) is 1.56. The maximum absolute atomic E-state index is 11.3. The molecule has 2 aromatic rings. The summed E-state index contributed by atoms with van der Waals surface area (Å²) in [4.78, 5) is 14.5. The highest BCUT2D eigenvalue weighted by molar-refractivity contribution is 5.97. The van der Waals surface area contributed by atoms with E-state index in [1.54, 1.807) is 7.05 Å². The van der Waals surface area contributed by atoms with Crippen molar-refractivity contribution in [3.63, 3.8) is 0 Å². The van der Waals surface area contributed by atoms with Crippen LogP contribution in [-0.4, -0.2) is 17.9 Å². The fourth-order valence-corrected chi connectivity index (χ4v) is 1.56. The number of aryl methyl sites for hydroxylation is 1. The zero-order valence-electron chi connectivity index (χ0n) is 8.22. The van der Waals surface area contributed by atoms with Gasteiger partial charge in [0.1, 0.15) is 0 Å². The third-order valence-electron chi connectivity index (χ3n) is 2.25. The molecule has 0 atom stereocenters. The van der Waals surface area contributed by atoms with Crippen LogP contribution in [-0.2, 0) is 0 Å². The second-order valence-electron chi connectivity index (χ2n) is 3.33. The standard InChI is InChI=1S/C11H12N2O/c1-7-5-8-3-4-9(11(14)12-2)6-10(8)13-7/h3-6,13H,1-2H3,(H,12,14). The maximum Gasteiger partial charge on any atom is 0.251 e. The normalized spacial score (nSPS) is 10.4. The average molecular weight is 188 g/mol. The molecular formula is C11H12N2O. The van der Waals surface area contributed by atoms with E-state index < -0.39 is 0 Å². The van der Waals surface area contributed by atoms with Gasteiger partial charge in [-0.1, -0.05) is 6.07 Å². The Morgan fingerprint density at radius 2 is 2.14 bits per heavy atom. The molecule has 1 aromatic heterocycles. The number of hydrogen-bond acceptors (Lipinski definition) is 1. The van der Waals surface area contributed by atoms with Crippen molar-refractivity contribution in [2.24, 2.45) is 0 Å². The number of aromatic nitrogens is 1. The summed E-state index contributed by atoms with van der Waals surface area (Å²) in [6.45, 7) is 2.00. The predicted molar refractivity (Wildman–Crippen MR) is 56.4 cm³/mol. The average Bonchev–Trinajstić information content (AvgIpc) is 2.55. The van der Waals surface area contributed by atoms with Gasteiger partial charge in [0.15, 0.2) is 0 Å². The summed E-state index contributed by atoms with van der Waals surface area (Å²) in [6, 6.07) is 7.70. The molecule has 0 fully saturated rings. The van der Waals surface area contributed by atoms with Crippen LogP contribution < -0.4 is 5.32 Å². The fraction of sp³-hybridized carbons (Fsp3) is 0.182.